The Bertz CT molecular complexity index is 1480. The molecule has 9 nitrogen and oxygen atoms in total. The fraction of sp³-hybridized carbons (Fsp3) is 0.0800. The van der Waals surface area contributed by atoms with Crippen molar-refractivity contribution in [3.05, 3.63) is 109 Å². The average Bonchev–Trinajstić information content (AvgIpc) is 2.87. The fourth-order valence-corrected chi connectivity index (χ4v) is 3.67. The molecule has 1 amide bonds. The Morgan fingerprint density at radius 1 is 1.06 bits per heavy atom. The summed E-state index contributed by atoms with van der Waals surface area (Å²) in [5.74, 6) is -0.0386. The van der Waals surface area contributed by atoms with Crippen molar-refractivity contribution in [2.45, 2.75) is 6.92 Å². The molecule has 35 heavy (non-hydrogen) atoms. The molecule has 176 valence electrons. The number of aryl methyl sites for hydroxylation is 1. The summed E-state index contributed by atoms with van der Waals surface area (Å²) in [5.41, 5.74) is 1.02. The summed E-state index contributed by atoms with van der Waals surface area (Å²) < 4.78 is 6.92. The predicted molar refractivity (Wildman–Crippen MR) is 133 cm³/mol. The average molecular weight is 491 g/mol. The minimum atomic E-state index is -0.580. The number of non-ortho nitro benzene ring substituents is 1. The van der Waals surface area contributed by atoms with Gasteiger partial charge in [0.1, 0.15) is 17.3 Å². The predicted octanol–water partition coefficient (Wildman–Crippen LogP) is 5.03. The van der Waals surface area contributed by atoms with E-state index in [0.717, 1.165) is 0 Å². The van der Waals surface area contributed by atoms with Crippen LogP contribution in [0.5, 0.6) is 5.75 Å². The number of ether oxygens (including phenoxy) is 1. The van der Waals surface area contributed by atoms with E-state index in [1.54, 1.807) is 55.5 Å². The molecule has 0 saturated heterocycles. The molecule has 0 atom stereocenters. The number of rotatable bonds is 6. The highest BCUT2D eigenvalue weighted by Crippen LogP contribution is 2.34. The van der Waals surface area contributed by atoms with Crippen LogP contribution in [0, 0.1) is 17.0 Å². The third kappa shape index (κ3) is 4.75. The number of nitro groups is 1. The normalized spacial score (nSPS) is 10.6. The number of aromatic nitrogens is 2. The number of carbonyl (C=O) groups excluding carboxylic acids is 1. The molecule has 0 aliphatic rings. The number of carbonyl (C=O) groups is 1. The monoisotopic (exact) mass is 490 g/mol. The smallest absolute Gasteiger partial charge is 0.269 e. The summed E-state index contributed by atoms with van der Waals surface area (Å²) in [4.78, 5) is 37.0. The minimum Gasteiger partial charge on any atom is -0.496 e. The second-order valence-corrected chi connectivity index (χ2v) is 7.92. The molecule has 0 unspecified atom stereocenters. The third-order valence-corrected chi connectivity index (χ3v) is 5.53. The van der Waals surface area contributed by atoms with Crippen LogP contribution in [0.1, 0.15) is 16.1 Å². The number of hydrogen-bond acceptors (Lipinski definition) is 6. The van der Waals surface area contributed by atoms with E-state index in [4.69, 9.17) is 16.3 Å². The Labute approximate surface area is 204 Å². The first kappa shape index (κ1) is 23.7. The van der Waals surface area contributed by atoms with E-state index < -0.39 is 16.3 Å². The maximum atomic E-state index is 13.4. The number of para-hydroxylation sites is 1. The Morgan fingerprint density at radius 3 is 2.34 bits per heavy atom. The Hall–Kier alpha value is -4.50. The lowest BCUT2D eigenvalue weighted by atomic mass is 10.0. The van der Waals surface area contributed by atoms with E-state index in [2.05, 4.69) is 10.4 Å². The first-order chi connectivity index (χ1) is 16.8. The number of nitro benzene ring substituents is 1. The number of amides is 1. The second kappa shape index (κ2) is 9.78. The van der Waals surface area contributed by atoms with Crippen LogP contribution < -0.4 is 15.5 Å². The van der Waals surface area contributed by atoms with Gasteiger partial charge in [0, 0.05) is 28.3 Å². The number of halogens is 1. The molecule has 1 N–H and O–H groups in total. The highest BCUT2D eigenvalue weighted by molar-refractivity contribution is 6.30. The van der Waals surface area contributed by atoms with Crippen molar-refractivity contribution in [2.75, 3.05) is 12.4 Å². The van der Waals surface area contributed by atoms with Gasteiger partial charge in [0.15, 0.2) is 0 Å². The molecule has 0 bridgehead atoms. The van der Waals surface area contributed by atoms with Gasteiger partial charge in [0.25, 0.3) is 11.6 Å². The van der Waals surface area contributed by atoms with Gasteiger partial charge < -0.3 is 10.1 Å². The van der Waals surface area contributed by atoms with E-state index >= 15 is 0 Å². The van der Waals surface area contributed by atoms with Crippen LogP contribution in [0.4, 0.5) is 11.5 Å². The zero-order chi connectivity index (χ0) is 25.1. The van der Waals surface area contributed by atoms with Gasteiger partial charge in [-0.25, -0.2) is 4.68 Å². The maximum Gasteiger partial charge on any atom is 0.269 e. The first-order valence-electron chi connectivity index (χ1n) is 10.4. The number of methoxy groups -OCH3 is 1. The summed E-state index contributed by atoms with van der Waals surface area (Å²) in [6.45, 7) is 1.58. The molecule has 0 spiro atoms. The standard InChI is InChI=1S/C25H19ClN4O5/c1-15-23(31)22(20-5-3-4-6-21(20)35-2)24(29(28-15)18-13-9-17(26)10-14-18)27-25(32)16-7-11-19(12-8-16)30(33)34/h3-14H,1-2H3,(H,27,32). The summed E-state index contributed by atoms with van der Waals surface area (Å²) in [6.07, 6.45) is 0. The highest BCUT2D eigenvalue weighted by atomic mass is 35.5. The van der Waals surface area contributed by atoms with Crippen molar-refractivity contribution < 1.29 is 14.5 Å². The largest absolute Gasteiger partial charge is 0.496 e. The summed E-state index contributed by atoms with van der Waals surface area (Å²) >= 11 is 6.05. The van der Waals surface area contributed by atoms with Crippen molar-refractivity contribution in [2.24, 2.45) is 0 Å². The van der Waals surface area contributed by atoms with Crippen molar-refractivity contribution >= 4 is 29.0 Å². The van der Waals surface area contributed by atoms with Gasteiger partial charge in [0.2, 0.25) is 5.43 Å². The molecule has 10 heteroatoms. The number of hydrogen-bond donors (Lipinski definition) is 1. The zero-order valence-electron chi connectivity index (χ0n) is 18.7. The van der Waals surface area contributed by atoms with Crippen LogP contribution in [0.25, 0.3) is 16.8 Å². The zero-order valence-corrected chi connectivity index (χ0v) is 19.4. The molecule has 4 aromatic rings. The number of anilines is 1. The van der Waals surface area contributed by atoms with Crippen LogP contribution in [0.15, 0.2) is 77.6 Å². The van der Waals surface area contributed by atoms with Crippen LogP contribution in [-0.4, -0.2) is 27.7 Å². The van der Waals surface area contributed by atoms with Crippen molar-refractivity contribution in [3.8, 4) is 22.6 Å². The van der Waals surface area contributed by atoms with Crippen molar-refractivity contribution in [3.63, 3.8) is 0 Å². The van der Waals surface area contributed by atoms with Gasteiger partial charge in [0.05, 0.1) is 23.3 Å². The first-order valence-corrected chi connectivity index (χ1v) is 10.8. The van der Waals surface area contributed by atoms with E-state index in [1.807, 2.05) is 0 Å². The molecule has 0 fully saturated rings. The molecule has 0 aliphatic heterocycles. The topological polar surface area (TPSA) is 116 Å². The van der Waals surface area contributed by atoms with E-state index in [-0.39, 0.29) is 28.3 Å². The number of nitrogens with zero attached hydrogens (tertiary/aromatic N) is 3. The van der Waals surface area contributed by atoms with E-state index in [9.17, 15) is 19.7 Å². The Kier molecular flexibility index (Phi) is 6.61. The van der Waals surface area contributed by atoms with Crippen LogP contribution in [0.3, 0.4) is 0 Å². The SMILES string of the molecule is COc1ccccc1-c1c(NC(=O)c2ccc([N+](=O)[O-])cc2)n(-c2ccc(Cl)cc2)nc(C)c1=O. The quantitative estimate of drug-likeness (QED) is 0.299. The Balaban J connectivity index is 1.94. The molecule has 0 radical (unpaired) electrons. The van der Waals surface area contributed by atoms with Gasteiger partial charge >= 0.3 is 0 Å². The van der Waals surface area contributed by atoms with Gasteiger partial charge in [-0.1, -0.05) is 29.8 Å². The molecule has 0 saturated carbocycles. The van der Waals surface area contributed by atoms with Crippen LogP contribution in [-0.2, 0) is 0 Å². The lowest BCUT2D eigenvalue weighted by Gasteiger charge is -2.19. The van der Waals surface area contributed by atoms with Gasteiger partial charge in [-0.15, -0.1) is 0 Å². The lowest BCUT2D eigenvalue weighted by Crippen LogP contribution is -2.25. The summed E-state index contributed by atoms with van der Waals surface area (Å²) in [5, 5.41) is 18.7. The lowest BCUT2D eigenvalue weighted by molar-refractivity contribution is -0.384. The minimum absolute atomic E-state index is 0.107. The molecular formula is C25H19ClN4O5. The van der Waals surface area contributed by atoms with Gasteiger partial charge in [-0.3, -0.25) is 19.7 Å². The van der Waals surface area contributed by atoms with E-state index in [0.29, 0.717) is 22.0 Å². The van der Waals surface area contributed by atoms with Gasteiger partial charge in [-0.2, -0.15) is 5.10 Å². The molecule has 4 rings (SSSR count). The highest BCUT2D eigenvalue weighted by Gasteiger charge is 2.23. The fourth-order valence-electron chi connectivity index (χ4n) is 3.54. The van der Waals surface area contributed by atoms with Crippen molar-refractivity contribution in [1.29, 1.82) is 0 Å². The maximum absolute atomic E-state index is 13.4. The molecule has 1 aromatic heterocycles. The molecule has 1 heterocycles. The van der Waals surface area contributed by atoms with Crippen LogP contribution in [0.2, 0.25) is 5.02 Å². The number of benzene rings is 3. The van der Waals surface area contributed by atoms with E-state index in [1.165, 1.54) is 36.1 Å². The summed E-state index contributed by atoms with van der Waals surface area (Å²) in [6, 6.07) is 18.8. The molecule has 0 aliphatic carbocycles. The third-order valence-electron chi connectivity index (χ3n) is 5.27. The molecular weight excluding hydrogens is 472 g/mol. The second-order valence-electron chi connectivity index (χ2n) is 7.48. The van der Waals surface area contributed by atoms with Crippen LogP contribution >= 0.6 is 11.6 Å². The number of nitrogens with one attached hydrogen (secondary N) is 1. The van der Waals surface area contributed by atoms with Gasteiger partial charge in [-0.05, 0) is 49.4 Å². The Morgan fingerprint density at radius 2 is 1.71 bits per heavy atom. The van der Waals surface area contributed by atoms with Crippen molar-refractivity contribution in [1.82, 2.24) is 9.78 Å². The summed E-state index contributed by atoms with van der Waals surface area (Å²) in [7, 11) is 1.49. The molecule has 3 aromatic carbocycles.